The van der Waals surface area contributed by atoms with Crippen LogP contribution in [0.2, 0.25) is 10.0 Å². The van der Waals surface area contributed by atoms with Gasteiger partial charge in [0.05, 0.1) is 10.7 Å². The molecule has 5 rings (SSSR count). The second-order valence-corrected chi connectivity index (χ2v) is 10.2. The van der Waals surface area contributed by atoms with Crippen molar-refractivity contribution in [3.05, 3.63) is 118 Å². The molecule has 198 valence electrons. The molecule has 4 aromatic rings. The first-order valence-electron chi connectivity index (χ1n) is 12.5. The average molecular weight is 559 g/mol. The first kappa shape index (κ1) is 26.6. The van der Waals surface area contributed by atoms with Crippen LogP contribution in [0.25, 0.3) is 0 Å². The van der Waals surface area contributed by atoms with Crippen LogP contribution in [-0.4, -0.2) is 25.7 Å². The molecule has 0 bridgehead atoms. The quantitative estimate of drug-likeness (QED) is 0.223. The number of para-hydroxylation sites is 1. The van der Waals surface area contributed by atoms with Gasteiger partial charge < -0.3 is 9.64 Å². The van der Waals surface area contributed by atoms with Crippen molar-refractivity contribution in [2.24, 2.45) is 5.10 Å². The Hall–Kier alpha value is -4.00. The van der Waals surface area contributed by atoms with Crippen LogP contribution in [0.3, 0.4) is 0 Å². The topological polar surface area (TPSA) is 48.4 Å². The van der Waals surface area contributed by atoms with E-state index in [1.807, 2.05) is 120 Å². The molecule has 0 aliphatic carbocycles. The van der Waals surface area contributed by atoms with Gasteiger partial charge in [0.2, 0.25) is 0 Å². The van der Waals surface area contributed by atoms with E-state index in [2.05, 4.69) is 0 Å². The van der Waals surface area contributed by atoms with E-state index in [0.29, 0.717) is 33.8 Å². The molecule has 1 atom stereocenters. The maximum Gasteiger partial charge on any atom is 0.198 e. The van der Waals surface area contributed by atoms with E-state index >= 15 is 0 Å². The van der Waals surface area contributed by atoms with Crippen molar-refractivity contribution in [1.29, 1.82) is 0 Å². The van der Waals surface area contributed by atoms with E-state index in [1.54, 1.807) is 6.07 Å². The van der Waals surface area contributed by atoms with E-state index in [0.717, 1.165) is 22.6 Å². The highest BCUT2D eigenvalue weighted by Gasteiger charge is 2.41. The zero-order valence-electron chi connectivity index (χ0n) is 21.9. The second kappa shape index (κ2) is 11.4. The summed E-state index contributed by atoms with van der Waals surface area (Å²) in [6, 6.07) is 31.0. The number of nitrogens with zero attached hydrogens (tertiary/aromatic N) is 4. The van der Waals surface area contributed by atoms with Crippen LogP contribution in [0, 0.1) is 0 Å². The highest BCUT2D eigenvalue weighted by atomic mass is 35.5. The SMILES string of the molecule is CC(=O)C1=NN(c2ccccc2)C(c2cc(Cl)cc(Cl)c2OCc2ccccc2)N1c1ccc(N(C)C)cc1. The zero-order valence-corrected chi connectivity index (χ0v) is 23.4. The Balaban J connectivity index is 1.68. The third-order valence-electron chi connectivity index (χ3n) is 6.43. The van der Waals surface area contributed by atoms with Gasteiger partial charge in [0.15, 0.2) is 17.8 Å². The summed E-state index contributed by atoms with van der Waals surface area (Å²) in [6.45, 7) is 1.83. The van der Waals surface area contributed by atoms with Crippen LogP contribution in [0.4, 0.5) is 17.1 Å². The number of rotatable bonds is 8. The minimum Gasteiger partial charge on any atom is -0.487 e. The Kier molecular flexibility index (Phi) is 7.77. The largest absolute Gasteiger partial charge is 0.487 e. The number of anilines is 3. The van der Waals surface area contributed by atoms with E-state index in [-0.39, 0.29) is 5.78 Å². The maximum atomic E-state index is 13.0. The van der Waals surface area contributed by atoms with Crippen molar-refractivity contribution < 1.29 is 9.53 Å². The number of Topliss-reactive ketones (excluding diaryl/α,β-unsaturated/α-hetero) is 1. The maximum absolute atomic E-state index is 13.0. The summed E-state index contributed by atoms with van der Waals surface area (Å²) in [4.78, 5) is 16.9. The second-order valence-electron chi connectivity index (χ2n) is 9.39. The third-order valence-corrected chi connectivity index (χ3v) is 6.93. The average Bonchev–Trinajstić information content (AvgIpc) is 3.34. The van der Waals surface area contributed by atoms with Crippen molar-refractivity contribution in [3.8, 4) is 5.75 Å². The number of hydrogen-bond acceptors (Lipinski definition) is 6. The number of carbonyl (C=O) groups excluding carboxylic acids is 1. The summed E-state index contributed by atoms with van der Waals surface area (Å²) in [5.74, 6) is 0.604. The molecule has 0 aromatic heterocycles. The summed E-state index contributed by atoms with van der Waals surface area (Å²) >= 11 is 13.3. The van der Waals surface area contributed by atoms with Gasteiger partial charge in [-0.3, -0.25) is 9.69 Å². The van der Waals surface area contributed by atoms with E-state index in [9.17, 15) is 4.79 Å². The normalized spacial score (nSPS) is 14.8. The molecule has 0 radical (unpaired) electrons. The van der Waals surface area contributed by atoms with E-state index in [1.165, 1.54) is 6.92 Å². The molecule has 0 amide bonds. The standard InChI is InChI=1S/C31H28Cl2N4O2/c1-21(38)30-34-37(26-12-8-5-9-13-26)31(36(30)25-16-14-24(15-17-25)35(2)3)27-18-23(32)19-28(33)29(27)39-20-22-10-6-4-7-11-22/h4-19,31H,20H2,1-3H3. The molecule has 1 heterocycles. The lowest BCUT2D eigenvalue weighted by Crippen LogP contribution is -2.38. The molecule has 0 saturated heterocycles. The minimum absolute atomic E-state index is 0.171. The van der Waals surface area contributed by atoms with Gasteiger partial charge in [-0.05, 0) is 54.1 Å². The number of hydrogen-bond donors (Lipinski definition) is 0. The lowest BCUT2D eigenvalue weighted by atomic mass is 10.1. The fourth-order valence-electron chi connectivity index (χ4n) is 4.55. The Morgan fingerprint density at radius 3 is 2.15 bits per heavy atom. The smallest absolute Gasteiger partial charge is 0.198 e. The van der Waals surface area contributed by atoms with Crippen molar-refractivity contribution in [2.75, 3.05) is 28.9 Å². The summed E-state index contributed by atoms with van der Waals surface area (Å²) in [7, 11) is 3.97. The number of hydrazone groups is 1. The van der Waals surface area contributed by atoms with Crippen LogP contribution in [0.5, 0.6) is 5.75 Å². The molecule has 39 heavy (non-hydrogen) atoms. The van der Waals surface area contributed by atoms with Gasteiger partial charge in [-0.2, -0.15) is 0 Å². The lowest BCUT2D eigenvalue weighted by Gasteiger charge is -2.33. The third kappa shape index (κ3) is 5.58. The van der Waals surface area contributed by atoms with E-state index < -0.39 is 6.17 Å². The Labute approximate surface area is 238 Å². The number of ether oxygens (including phenoxy) is 1. The van der Waals surface area contributed by atoms with Gasteiger partial charge in [-0.1, -0.05) is 71.7 Å². The van der Waals surface area contributed by atoms with Crippen LogP contribution < -0.4 is 19.5 Å². The highest BCUT2D eigenvalue weighted by molar-refractivity contribution is 6.44. The number of benzene rings is 4. The van der Waals surface area contributed by atoms with E-state index in [4.69, 9.17) is 33.0 Å². The van der Waals surface area contributed by atoms with Crippen molar-refractivity contribution in [2.45, 2.75) is 19.7 Å². The summed E-state index contributed by atoms with van der Waals surface area (Å²) in [6.07, 6.45) is -0.599. The Morgan fingerprint density at radius 2 is 1.54 bits per heavy atom. The van der Waals surface area contributed by atoms with Gasteiger partial charge in [0.25, 0.3) is 0 Å². The number of ketones is 1. The molecule has 1 aliphatic heterocycles. The van der Waals surface area contributed by atoms with Crippen molar-refractivity contribution in [1.82, 2.24) is 0 Å². The summed E-state index contributed by atoms with van der Waals surface area (Å²) in [5, 5.41) is 7.47. The molecule has 8 heteroatoms. The lowest BCUT2D eigenvalue weighted by molar-refractivity contribution is -0.111. The van der Waals surface area contributed by atoms with Crippen LogP contribution in [-0.2, 0) is 11.4 Å². The molecule has 0 N–H and O–H groups in total. The molecule has 0 spiro atoms. The van der Waals surface area contributed by atoms with Gasteiger partial charge in [0, 0.05) is 43.0 Å². The van der Waals surface area contributed by atoms with Gasteiger partial charge in [0.1, 0.15) is 12.4 Å². The fraction of sp³-hybridized carbons (Fsp3) is 0.161. The molecular weight excluding hydrogens is 531 g/mol. The number of carbonyl (C=O) groups is 1. The van der Waals surface area contributed by atoms with Crippen molar-refractivity contribution in [3.63, 3.8) is 0 Å². The molecule has 6 nitrogen and oxygen atoms in total. The fourth-order valence-corrected chi connectivity index (χ4v) is 5.11. The first-order valence-corrected chi connectivity index (χ1v) is 13.2. The molecule has 1 unspecified atom stereocenters. The van der Waals surface area contributed by atoms with Gasteiger partial charge in [-0.15, -0.1) is 5.10 Å². The molecule has 4 aromatic carbocycles. The predicted molar refractivity (Wildman–Crippen MR) is 160 cm³/mol. The molecule has 0 fully saturated rings. The zero-order chi connectivity index (χ0) is 27.5. The van der Waals surface area contributed by atoms with Crippen LogP contribution in [0.15, 0.2) is 102 Å². The highest BCUT2D eigenvalue weighted by Crippen LogP contribution is 2.45. The number of halogens is 2. The predicted octanol–water partition coefficient (Wildman–Crippen LogP) is 7.57. The monoisotopic (exact) mass is 558 g/mol. The van der Waals surface area contributed by atoms with Crippen LogP contribution in [0.1, 0.15) is 24.2 Å². The molecule has 0 saturated carbocycles. The summed E-state index contributed by atoms with van der Waals surface area (Å²) in [5.41, 5.74) is 4.32. The first-order chi connectivity index (χ1) is 18.8. The minimum atomic E-state index is -0.599. The Bertz CT molecular complexity index is 1490. The molecular formula is C31H28Cl2N4O2. The van der Waals surface area contributed by atoms with Crippen molar-refractivity contribution >= 4 is 51.9 Å². The number of amidine groups is 1. The Morgan fingerprint density at radius 1 is 0.897 bits per heavy atom. The summed E-state index contributed by atoms with van der Waals surface area (Å²) < 4.78 is 6.35. The van der Waals surface area contributed by atoms with Gasteiger partial charge >= 0.3 is 0 Å². The van der Waals surface area contributed by atoms with Gasteiger partial charge in [-0.25, -0.2) is 5.01 Å². The van der Waals surface area contributed by atoms with Crippen LogP contribution >= 0.6 is 23.2 Å². The molecule has 1 aliphatic rings.